The summed E-state index contributed by atoms with van der Waals surface area (Å²) >= 11 is 1.38. The van der Waals surface area contributed by atoms with E-state index in [1.807, 2.05) is 6.92 Å². The van der Waals surface area contributed by atoms with Crippen LogP contribution in [0.4, 0.5) is 10.1 Å². The molecule has 0 radical (unpaired) electrons. The summed E-state index contributed by atoms with van der Waals surface area (Å²) in [6.45, 7) is 4.83. The summed E-state index contributed by atoms with van der Waals surface area (Å²) in [4.78, 5) is 59.2. The molecule has 8 nitrogen and oxygen atoms in total. The fraction of sp³-hybridized carbons (Fsp3) is 0.250. The minimum absolute atomic E-state index is 0.0976. The van der Waals surface area contributed by atoms with Crippen LogP contribution in [0.3, 0.4) is 0 Å². The predicted octanol–water partition coefficient (Wildman–Crippen LogP) is 3.45. The molecule has 0 saturated carbocycles. The van der Waals surface area contributed by atoms with Gasteiger partial charge in [0.05, 0.1) is 10.9 Å². The van der Waals surface area contributed by atoms with Gasteiger partial charge in [0.2, 0.25) is 0 Å². The molecule has 2 amide bonds. The highest BCUT2D eigenvalue weighted by atomic mass is 32.1. The first-order chi connectivity index (χ1) is 16.3. The molecule has 4 heterocycles. The van der Waals surface area contributed by atoms with Gasteiger partial charge in [-0.3, -0.25) is 19.2 Å². The van der Waals surface area contributed by atoms with E-state index in [0.29, 0.717) is 23.3 Å². The van der Waals surface area contributed by atoms with Gasteiger partial charge in [-0.1, -0.05) is 0 Å². The number of nitrogens with one attached hydrogen (secondary N) is 2. The Morgan fingerprint density at radius 3 is 2.41 bits per heavy atom. The standard InChI is InChI=1S/C24H21FN4O4S/c1-12-13(2)34-21-18(12)24(33)29-19(27-21)16(22(31)28-9-3-4-10-28)11-17(23(29)32)26-20(30)14-5-7-15(25)8-6-14/h5-8,11,27H,3-4,9-10H2,1-2H3,(H,26,30). The van der Waals surface area contributed by atoms with Crippen molar-refractivity contribution in [1.29, 1.82) is 0 Å². The number of likely N-dealkylation sites (tertiary alicyclic amines) is 1. The second-order valence-electron chi connectivity index (χ2n) is 8.34. The molecule has 10 heteroatoms. The molecule has 34 heavy (non-hydrogen) atoms. The summed E-state index contributed by atoms with van der Waals surface area (Å²) in [5, 5.41) is 2.88. The predicted molar refractivity (Wildman–Crippen MR) is 129 cm³/mol. The van der Waals surface area contributed by atoms with Gasteiger partial charge in [-0.05, 0) is 62.6 Å². The lowest BCUT2D eigenvalue weighted by molar-refractivity contribution is 0.0793. The number of nitrogens with zero attached hydrogens (tertiary/aromatic N) is 2. The Balaban J connectivity index is 1.74. The minimum Gasteiger partial charge on any atom is -0.339 e. The summed E-state index contributed by atoms with van der Waals surface area (Å²) in [6.07, 6.45) is 1.74. The molecule has 5 rings (SSSR count). The molecule has 1 saturated heterocycles. The van der Waals surface area contributed by atoms with Crippen molar-refractivity contribution in [2.24, 2.45) is 0 Å². The van der Waals surface area contributed by atoms with Gasteiger partial charge in [0.1, 0.15) is 22.0 Å². The van der Waals surface area contributed by atoms with Crippen molar-refractivity contribution in [1.82, 2.24) is 14.3 Å². The van der Waals surface area contributed by atoms with Crippen LogP contribution in [-0.4, -0.2) is 39.2 Å². The molecule has 1 fully saturated rings. The maximum Gasteiger partial charge on any atom is 0.283 e. The molecular formula is C24H21FN4O4S. The molecule has 0 bridgehead atoms. The number of rotatable bonds is 3. The fourth-order valence-electron chi connectivity index (χ4n) is 4.26. The quantitative estimate of drug-likeness (QED) is 0.469. The largest absolute Gasteiger partial charge is 0.339 e. The van der Waals surface area contributed by atoms with Crippen molar-refractivity contribution >= 4 is 44.7 Å². The second kappa shape index (κ2) is 8.21. The molecule has 1 aromatic carbocycles. The maximum absolute atomic E-state index is 13.5. The van der Waals surface area contributed by atoms with Crippen LogP contribution in [0.5, 0.6) is 0 Å². The second-order valence-corrected chi connectivity index (χ2v) is 9.56. The Bertz CT molecular complexity index is 1590. The van der Waals surface area contributed by atoms with E-state index < -0.39 is 22.8 Å². The number of benzene rings is 1. The zero-order chi connectivity index (χ0) is 24.1. The molecule has 0 unspecified atom stereocenters. The molecule has 4 aromatic rings. The Hall–Kier alpha value is -3.79. The minimum atomic E-state index is -0.755. The van der Waals surface area contributed by atoms with Crippen molar-refractivity contribution in [3.63, 3.8) is 0 Å². The molecule has 1 aliphatic heterocycles. The van der Waals surface area contributed by atoms with Crippen molar-refractivity contribution in [3.05, 3.63) is 78.4 Å². The summed E-state index contributed by atoms with van der Waals surface area (Å²) in [5.74, 6) is -1.48. The van der Waals surface area contributed by atoms with Crippen LogP contribution in [0.25, 0.3) is 15.9 Å². The van der Waals surface area contributed by atoms with Gasteiger partial charge in [0, 0.05) is 23.5 Å². The highest BCUT2D eigenvalue weighted by Crippen LogP contribution is 2.27. The zero-order valence-electron chi connectivity index (χ0n) is 18.5. The third-order valence-electron chi connectivity index (χ3n) is 6.21. The number of aryl methyl sites for hydroxylation is 2. The third kappa shape index (κ3) is 3.50. The Morgan fingerprint density at radius 1 is 1.06 bits per heavy atom. The molecule has 0 atom stereocenters. The number of H-pyrrole nitrogens is 1. The summed E-state index contributed by atoms with van der Waals surface area (Å²) in [6, 6.07) is 6.15. The number of aromatic amines is 1. The maximum atomic E-state index is 13.5. The lowest BCUT2D eigenvalue weighted by Crippen LogP contribution is -2.35. The zero-order valence-corrected chi connectivity index (χ0v) is 19.3. The summed E-state index contributed by atoms with van der Waals surface area (Å²) in [5.41, 5.74) is -0.406. The number of amides is 2. The van der Waals surface area contributed by atoms with E-state index in [4.69, 9.17) is 0 Å². The average molecular weight is 481 g/mol. The number of carbonyl (C=O) groups is 2. The van der Waals surface area contributed by atoms with Crippen LogP contribution in [0.2, 0.25) is 0 Å². The molecule has 1 aliphatic rings. The molecule has 2 N–H and O–H groups in total. The highest BCUT2D eigenvalue weighted by molar-refractivity contribution is 7.18. The van der Waals surface area contributed by atoms with Gasteiger partial charge in [-0.2, -0.15) is 0 Å². The number of aromatic nitrogens is 2. The van der Waals surface area contributed by atoms with E-state index in [1.54, 1.807) is 11.8 Å². The summed E-state index contributed by atoms with van der Waals surface area (Å²) < 4.78 is 14.2. The first-order valence-electron chi connectivity index (χ1n) is 10.8. The number of pyridine rings is 1. The Kier molecular flexibility index (Phi) is 5.32. The Labute approximate surface area is 196 Å². The van der Waals surface area contributed by atoms with Crippen molar-refractivity contribution in [2.45, 2.75) is 26.7 Å². The topological polar surface area (TPSA) is 104 Å². The van der Waals surface area contributed by atoms with E-state index in [9.17, 15) is 23.6 Å². The number of thiophene rings is 1. The van der Waals surface area contributed by atoms with Crippen LogP contribution in [-0.2, 0) is 0 Å². The number of hydrogen-bond donors (Lipinski definition) is 2. The van der Waals surface area contributed by atoms with Gasteiger partial charge < -0.3 is 15.2 Å². The molecule has 0 aliphatic carbocycles. The number of carbonyl (C=O) groups excluding carboxylic acids is 2. The van der Waals surface area contributed by atoms with E-state index in [1.165, 1.54) is 29.5 Å². The number of fused-ring (bicyclic) bond motifs is 2. The first kappa shape index (κ1) is 22.0. The first-order valence-corrected chi connectivity index (χ1v) is 11.7. The van der Waals surface area contributed by atoms with Crippen molar-refractivity contribution in [2.75, 3.05) is 18.4 Å². The van der Waals surface area contributed by atoms with Gasteiger partial charge in [-0.15, -0.1) is 11.3 Å². The number of anilines is 1. The van der Waals surface area contributed by atoms with Gasteiger partial charge in [0.25, 0.3) is 22.9 Å². The lowest BCUT2D eigenvalue weighted by Gasteiger charge is -2.18. The molecule has 0 spiro atoms. The van der Waals surface area contributed by atoms with Gasteiger partial charge in [-0.25, -0.2) is 8.79 Å². The third-order valence-corrected chi connectivity index (χ3v) is 7.34. The lowest BCUT2D eigenvalue weighted by atomic mass is 10.1. The van der Waals surface area contributed by atoms with E-state index in [0.717, 1.165) is 39.8 Å². The highest BCUT2D eigenvalue weighted by Gasteiger charge is 2.26. The molecular weight excluding hydrogens is 459 g/mol. The molecule has 174 valence electrons. The van der Waals surface area contributed by atoms with Crippen LogP contribution in [0.1, 0.15) is 44.0 Å². The monoisotopic (exact) mass is 480 g/mol. The van der Waals surface area contributed by atoms with Crippen molar-refractivity contribution in [3.8, 4) is 0 Å². The van der Waals surface area contributed by atoms with Gasteiger partial charge >= 0.3 is 0 Å². The van der Waals surface area contributed by atoms with E-state index in [2.05, 4.69) is 10.3 Å². The van der Waals surface area contributed by atoms with Crippen LogP contribution in [0.15, 0.2) is 39.9 Å². The van der Waals surface area contributed by atoms with Crippen LogP contribution >= 0.6 is 11.3 Å². The van der Waals surface area contributed by atoms with Crippen molar-refractivity contribution < 1.29 is 14.0 Å². The fourth-order valence-corrected chi connectivity index (χ4v) is 5.32. The van der Waals surface area contributed by atoms with Crippen LogP contribution in [0, 0.1) is 19.7 Å². The van der Waals surface area contributed by atoms with E-state index >= 15 is 0 Å². The normalized spacial score (nSPS) is 13.7. The smallest absolute Gasteiger partial charge is 0.283 e. The average Bonchev–Trinajstić information content (AvgIpc) is 3.44. The molecule has 3 aromatic heterocycles. The van der Waals surface area contributed by atoms with Gasteiger partial charge in [0.15, 0.2) is 0 Å². The number of halogens is 1. The Morgan fingerprint density at radius 2 is 1.74 bits per heavy atom. The SMILES string of the molecule is Cc1sc2[nH]c3c(C(=O)N4CCCC4)cc(NC(=O)c4ccc(F)cc4)c(=O)n3c(=O)c2c1C. The van der Waals surface area contributed by atoms with Crippen LogP contribution < -0.4 is 16.4 Å². The summed E-state index contributed by atoms with van der Waals surface area (Å²) in [7, 11) is 0. The number of hydrogen-bond acceptors (Lipinski definition) is 5. The van der Waals surface area contributed by atoms with E-state index in [-0.39, 0.29) is 28.4 Å².